The topological polar surface area (TPSA) is 124 Å². The van der Waals surface area contributed by atoms with Crippen LogP contribution in [0.5, 0.6) is 11.5 Å². The SMILES string of the molecule is COc1cc(OCc2csc(C3(O)CCC(C(=O)N4CCCC4)CC3)n2)c2cc(-c3cn4c(n3)SC(OC)N4)oc2c1. The summed E-state index contributed by atoms with van der Waals surface area (Å²) in [5.74, 6) is 2.08. The molecule has 0 radical (unpaired) electrons. The number of carbonyl (C=O) groups is 1. The summed E-state index contributed by atoms with van der Waals surface area (Å²) in [6, 6.07) is 5.57. The van der Waals surface area contributed by atoms with Gasteiger partial charge in [0.15, 0.2) is 16.5 Å². The Bertz CT molecular complexity index is 1580. The summed E-state index contributed by atoms with van der Waals surface area (Å²) in [6.45, 7) is 1.96. The Morgan fingerprint density at radius 2 is 2.00 bits per heavy atom. The van der Waals surface area contributed by atoms with E-state index in [2.05, 4.69) is 10.4 Å². The number of imidazole rings is 1. The molecule has 2 fully saturated rings. The molecule has 4 aromatic rings. The van der Waals surface area contributed by atoms with Crippen molar-refractivity contribution in [1.82, 2.24) is 19.5 Å². The molecule has 1 saturated heterocycles. The summed E-state index contributed by atoms with van der Waals surface area (Å²) in [4.78, 5) is 24.2. The molecular formula is C29H33N5O6S2. The van der Waals surface area contributed by atoms with E-state index < -0.39 is 5.60 Å². The van der Waals surface area contributed by atoms with Gasteiger partial charge in [-0.05, 0) is 56.4 Å². The molecule has 1 atom stereocenters. The normalized spacial score (nSPS) is 23.7. The molecule has 2 aliphatic heterocycles. The number of rotatable bonds is 8. The van der Waals surface area contributed by atoms with E-state index in [4.69, 9.17) is 23.6 Å². The number of carbonyl (C=O) groups excluding carboxylic acids is 1. The molecule has 1 amide bonds. The van der Waals surface area contributed by atoms with Crippen molar-refractivity contribution in [2.45, 2.75) is 61.4 Å². The second kappa shape index (κ2) is 11.1. The quantitative estimate of drug-likeness (QED) is 0.284. The van der Waals surface area contributed by atoms with Gasteiger partial charge in [-0.1, -0.05) is 0 Å². The van der Waals surface area contributed by atoms with Crippen LogP contribution in [0.1, 0.15) is 49.2 Å². The molecule has 13 heteroatoms. The van der Waals surface area contributed by atoms with E-state index in [0.717, 1.165) is 42.2 Å². The van der Waals surface area contributed by atoms with Crippen LogP contribution in [0, 0.1) is 5.92 Å². The molecule has 1 unspecified atom stereocenters. The van der Waals surface area contributed by atoms with Gasteiger partial charge in [-0.2, -0.15) is 0 Å². The summed E-state index contributed by atoms with van der Waals surface area (Å²) in [7, 11) is 3.25. The molecule has 3 aromatic heterocycles. The van der Waals surface area contributed by atoms with Crippen LogP contribution in [-0.2, 0) is 21.7 Å². The maximum atomic E-state index is 12.8. The fourth-order valence-corrected chi connectivity index (χ4v) is 7.72. The number of ether oxygens (including phenoxy) is 3. The third kappa shape index (κ3) is 5.12. The summed E-state index contributed by atoms with van der Waals surface area (Å²) in [5, 5.41) is 15.6. The molecule has 0 bridgehead atoms. The summed E-state index contributed by atoms with van der Waals surface area (Å²) >= 11 is 2.93. The maximum Gasteiger partial charge on any atom is 0.225 e. The van der Waals surface area contributed by atoms with Crippen LogP contribution >= 0.6 is 23.1 Å². The molecule has 1 aliphatic carbocycles. The fraction of sp³-hybridized carbons (Fsp3) is 0.483. The van der Waals surface area contributed by atoms with Gasteiger partial charge in [0.2, 0.25) is 5.91 Å². The standard InChI is InChI=1S/C29H33N5O6S2/c1-37-19-11-22(20-13-24(40-23(20)12-19)21-14-34-27(31-21)42-28(32-34)38-2)39-15-18-16-41-26(30-18)29(36)7-5-17(6-8-29)25(35)33-9-3-4-10-33/h11-14,16-17,28,32,36H,3-10,15H2,1-2H3. The summed E-state index contributed by atoms with van der Waals surface area (Å²) in [5.41, 5.74) is 4.06. The number of amides is 1. The number of aromatic nitrogens is 3. The zero-order valence-corrected chi connectivity index (χ0v) is 25.1. The average Bonchev–Trinajstić information content (AvgIpc) is 3.82. The van der Waals surface area contributed by atoms with Gasteiger partial charge in [0.25, 0.3) is 0 Å². The first-order valence-corrected chi connectivity index (χ1v) is 15.9. The number of thiazole rings is 1. The minimum absolute atomic E-state index is 0.00179. The first-order valence-electron chi connectivity index (χ1n) is 14.2. The minimum atomic E-state index is -1.01. The van der Waals surface area contributed by atoms with Gasteiger partial charge in [-0.15, -0.1) is 11.3 Å². The minimum Gasteiger partial charge on any atom is -0.496 e. The number of nitrogens with zero attached hydrogens (tertiary/aromatic N) is 4. The van der Waals surface area contributed by atoms with Crippen LogP contribution < -0.4 is 14.9 Å². The van der Waals surface area contributed by atoms with E-state index in [0.29, 0.717) is 59.2 Å². The average molecular weight is 612 g/mol. The fourth-order valence-electron chi connectivity index (χ4n) is 5.93. The Morgan fingerprint density at radius 3 is 2.74 bits per heavy atom. The highest BCUT2D eigenvalue weighted by Gasteiger charge is 2.40. The van der Waals surface area contributed by atoms with E-state index >= 15 is 0 Å². The molecule has 5 heterocycles. The Hall–Kier alpha value is -3.26. The number of nitrogens with one attached hydrogen (secondary N) is 1. The van der Waals surface area contributed by atoms with E-state index in [-0.39, 0.29) is 24.0 Å². The van der Waals surface area contributed by atoms with Gasteiger partial charge in [0.1, 0.15) is 40.0 Å². The van der Waals surface area contributed by atoms with Gasteiger partial charge in [-0.25, -0.2) is 14.6 Å². The zero-order chi connectivity index (χ0) is 28.8. The largest absolute Gasteiger partial charge is 0.496 e. The van der Waals surface area contributed by atoms with Crippen molar-refractivity contribution in [3.05, 3.63) is 40.5 Å². The van der Waals surface area contributed by atoms with Crippen molar-refractivity contribution >= 4 is 40.0 Å². The smallest absolute Gasteiger partial charge is 0.225 e. The first-order chi connectivity index (χ1) is 20.4. The van der Waals surface area contributed by atoms with Gasteiger partial charge in [0.05, 0.1) is 24.4 Å². The van der Waals surface area contributed by atoms with Gasteiger partial charge in [0, 0.05) is 43.6 Å². The lowest BCUT2D eigenvalue weighted by Gasteiger charge is -2.35. The first kappa shape index (κ1) is 27.6. The lowest BCUT2D eigenvalue weighted by atomic mass is 9.78. The van der Waals surface area contributed by atoms with Crippen LogP contribution in [0.15, 0.2) is 39.3 Å². The number of methoxy groups -OCH3 is 2. The van der Waals surface area contributed by atoms with Crippen LogP contribution in [0.3, 0.4) is 0 Å². The van der Waals surface area contributed by atoms with Crippen molar-refractivity contribution in [2.75, 3.05) is 32.7 Å². The Labute approximate surface area is 251 Å². The third-order valence-electron chi connectivity index (χ3n) is 8.31. The lowest BCUT2D eigenvalue weighted by Crippen LogP contribution is -2.39. The van der Waals surface area contributed by atoms with Crippen LogP contribution in [0.2, 0.25) is 0 Å². The number of aliphatic hydroxyl groups is 1. The second-order valence-electron chi connectivity index (χ2n) is 11.0. The predicted molar refractivity (Wildman–Crippen MR) is 158 cm³/mol. The van der Waals surface area contributed by atoms with E-state index in [1.807, 2.05) is 39.4 Å². The van der Waals surface area contributed by atoms with Crippen molar-refractivity contribution in [2.24, 2.45) is 5.92 Å². The van der Waals surface area contributed by atoms with Crippen molar-refractivity contribution in [3.63, 3.8) is 0 Å². The highest BCUT2D eigenvalue weighted by Crippen LogP contribution is 2.42. The molecule has 1 aromatic carbocycles. The molecule has 42 heavy (non-hydrogen) atoms. The monoisotopic (exact) mass is 611 g/mol. The van der Waals surface area contributed by atoms with Gasteiger partial charge >= 0.3 is 0 Å². The van der Waals surface area contributed by atoms with Crippen LogP contribution in [-0.4, -0.2) is 63.4 Å². The zero-order valence-electron chi connectivity index (χ0n) is 23.5. The molecule has 7 rings (SSSR count). The predicted octanol–water partition coefficient (Wildman–Crippen LogP) is 4.92. The molecular weight excluding hydrogens is 578 g/mol. The van der Waals surface area contributed by atoms with Crippen molar-refractivity contribution in [1.29, 1.82) is 0 Å². The number of furan rings is 1. The van der Waals surface area contributed by atoms with E-state index in [9.17, 15) is 9.90 Å². The van der Waals surface area contributed by atoms with Crippen LogP contribution in [0.25, 0.3) is 22.4 Å². The van der Waals surface area contributed by atoms with Crippen molar-refractivity contribution in [3.8, 4) is 23.0 Å². The highest BCUT2D eigenvalue weighted by molar-refractivity contribution is 7.99. The molecule has 222 valence electrons. The number of likely N-dealkylation sites (tertiary alicyclic amines) is 1. The Morgan fingerprint density at radius 1 is 1.19 bits per heavy atom. The van der Waals surface area contributed by atoms with E-state index in [1.165, 1.54) is 23.1 Å². The number of hydrogen-bond donors (Lipinski definition) is 2. The third-order valence-corrected chi connectivity index (χ3v) is 10.4. The number of hydrogen-bond acceptors (Lipinski definition) is 11. The highest BCUT2D eigenvalue weighted by atomic mass is 32.2. The summed E-state index contributed by atoms with van der Waals surface area (Å²) in [6.07, 6.45) is 6.50. The molecule has 0 spiro atoms. The molecule has 2 N–H and O–H groups in total. The Kier molecular flexibility index (Phi) is 7.29. The van der Waals surface area contributed by atoms with Crippen molar-refractivity contribution < 1.29 is 28.5 Å². The second-order valence-corrected chi connectivity index (χ2v) is 12.9. The molecule has 11 nitrogen and oxygen atoms in total. The Balaban J connectivity index is 1.04. The molecule has 3 aliphatic rings. The van der Waals surface area contributed by atoms with Gasteiger partial charge < -0.3 is 28.6 Å². The molecule has 1 saturated carbocycles. The number of thioether (sulfide) groups is 1. The van der Waals surface area contributed by atoms with E-state index in [1.54, 1.807) is 14.2 Å². The lowest BCUT2D eigenvalue weighted by molar-refractivity contribution is -0.137. The number of fused-ring (bicyclic) bond motifs is 2. The summed E-state index contributed by atoms with van der Waals surface area (Å²) < 4.78 is 25.0. The van der Waals surface area contributed by atoms with Gasteiger partial charge in [-0.3, -0.25) is 10.2 Å². The maximum absolute atomic E-state index is 12.8. The van der Waals surface area contributed by atoms with Crippen LogP contribution in [0.4, 0.5) is 0 Å². The number of benzene rings is 1.